The smallest absolute Gasteiger partial charge is 0.387 e. The Hall–Kier alpha value is -2.63. The number of alkyl halides is 2. The van der Waals surface area contributed by atoms with E-state index in [0.717, 1.165) is 16.9 Å². The zero-order chi connectivity index (χ0) is 17.5. The normalized spacial score (nSPS) is 11.9. The molecule has 4 nitrogen and oxygen atoms in total. The molecule has 0 aromatic heterocycles. The molecule has 0 saturated heterocycles. The van der Waals surface area contributed by atoms with Gasteiger partial charge in [-0.25, -0.2) is 0 Å². The second-order valence-corrected chi connectivity index (χ2v) is 5.26. The van der Waals surface area contributed by atoms with Gasteiger partial charge in [0.25, 0.3) is 0 Å². The summed E-state index contributed by atoms with van der Waals surface area (Å²) in [4.78, 5) is 12.1. The average molecular weight is 335 g/mol. The lowest BCUT2D eigenvalue weighted by atomic mass is 10.1. The molecule has 6 heteroatoms. The first kappa shape index (κ1) is 17.7. The van der Waals surface area contributed by atoms with Gasteiger partial charge in [0, 0.05) is 0 Å². The fourth-order valence-corrected chi connectivity index (χ4v) is 2.24. The summed E-state index contributed by atoms with van der Waals surface area (Å²) in [6.07, 6.45) is 0.251. The van der Waals surface area contributed by atoms with Gasteiger partial charge in [0.2, 0.25) is 5.91 Å². The predicted molar refractivity (Wildman–Crippen MR) is 86.3 cm³/mol. The number of benzene rings is 2. The summed E-state index contributed by atoms with van der Waals surface area (Å²) < 4.78 is 33.6. The summed E-state index contributed by atoms with van der Waals surface area (Å²) >= 11 is 0. The Kier molecular flexibility index (Phi) is 6.12. The van der Waals surface area contributed by atoms with E-state index in [1.54, 1.807) is 31.4 Å². The highest BCUT2D eigenvalue weighted by molar-refractivity contribution is 5.79. The Labute approximate surface area is 139 Å². The first-order valence-electron chi connectivity index (χ1n) is 7.45. The van der Waals surface area contributed by atoms with Crippen LogP contribution in [0.3, 0.4) is 0 Å². The van der Waals surface area contributed by atoms with Crippen LogP contribution < -0.4 is 14.8 Å². The Morgan fingerprint density at radius 1 is 1.04 bits per heavy atom. The highest BCUT2D eigenvalue weighted by Crippen LogP contribution is 2.19. The topological polar surface area (TPSA) is 47.6 Å². The lowest BCUT2D eigenvalue weighted by Crippen LogP contribution is -2.28. The third-order valence-corrected chi connectivity index (χ3v) is 3.51. The molecule has 0 unspecified atom stereocenters. The van der Waals surface area contributed by atoms with E-state index in [9.17, 15) is 13.6 Å². The summed E-state index contributed by atoms with van der Waals surface area (Å²) in [5.74, 6) is 0.699. The van der Waals surface area contributed by atoms with Gasteiger partial charge in [-0.1, -0.05) is 24.3 Å². The fraction of sp³-hybridized carbons (Fsp3) is 0.278. The maximum atomic E-state index is 12.1. The quantitative estimate of drug-likeness (QED) is 0.839. The van der Waals surface area contributed by atoms with E-state index >= 15 is 0 Å². The molecule has 128 valence electrons. The molecule has 2 aromatic rings. The Bertz CT molecular complexity index is 657. The van der Waals surface area contributed by atoms with Gasteiger partial charge in [0.1, 0.15) is 11.5 Å². The van der Waals surface area contributed by atoms with Crippen LogP contribution in [0.5, 0.6) is 11.5 Å². The van der Waals surface area contributed by atoms with Gasteiger partial charge >= 0.3 is 6.61 Å². The first-order valence-corrected chi connectivity index (χ1v) is 7.45. The van der Waals surface area contributed by atoms with Crippen LogP contribution in [0.1, 0.15) is 24.1 Å². The summed E-state index contributed by atoms with van der Waals surface area (Å²) in [6, 6.07) is 13.2. The van der Waals surface area contributed by atoms with Crippen molar-refractivity contribution in [2.45, 2.75) is 26.0 Å². The van der Waals surface area contributed by atoms with E-state index in [1.165, 1.54) is 12.1 Å². The molecule has 2 rings (SSSR count). The van der Waals surface area contributed by atoms with Crippen LogP contribution in [0.25, 0.3) is 0 Å². The van der Waals surface area contributed by atoms with Crippen molar-refractivity contribution in [1.82, 2.24) is 5.32 Å². The third-order valence-electron chi connectivity index (χ3n) is 3.51. The average Bonchev–Trinajstić information content (AvgIpc) is 2.55. The van der Waals surface area contributed by atoms with Gasteiger partial charge in [-0.05, 0) is 42.3 Å². The van der Waals surface area contributed by atoms with Crippen LogP contribution in [0.15, 0.2) is 48.5 Å². The van der Waals surface area contributed by atoms with Crippen LogP contribution in [0.4, 0.5) is 8.78 Å². The second kappa shape index (κ2) is 8.29. The maximum Gasteiger partial charge on any atom is 0.387 e. The van der Waals surface area contributed by atoms with E-state index in [-0.39, 0.29) is 24.1 Å². The molecule has 2 aromatic carbocycles. The van der Waals surface area contributed by atoms with Crippen LogP contribution in [0, 0.1) is 0 Å². The number of carbonyl (C=O) groups is 1. The molecule has 0 aliphatic carbocycles. The predicted octanol–water partition coefficient (Wildman–Crippen LogP) is 3.72. The van der Waals surface area contributed by atoms with E-state index in [2.05, 4.69) is 10.1 Å². The van der Waals surface area contributed by atoms with Crippen molar-refractivity contribution in [3.63, 3.8) is 0 Å². The molecular formula is C18H19F2NO3. The number of halogens is 2. The van der Waals surface area contributed by atoms with Gasteiger partial charge in [-0.3, -0.25) is 4.79 Å². The van der Waals surface area contributed by atoms with E-state index < -0.39 is 6.61 Å². The minimum atomic E-state index is -2.85. The lowest BCUT2D eigenvalue weighted by Gasteiger charge is -2.15. The first-order chi connectivity index (χ1) is 11.5. The molecule has 1 N–H and O–H groups in total. The molecule has 0 fully saturated rings. The second-order valence-electron chi connectivity index (χ2n) is 5.26. The van der Waals surface area contributed by atoms with Crippen molar-refractivity contribution in [2.75, 3.05) is 7.11 Å². The lowest BCUT2D eigenvalue weighted by molar-refractivity contribution is -0.121. The van der Waals surface area contributed by atoms with Crippen molar-refractivity contribution in [3.05, 3.63) is 59.7 Å². The highest BCUT2D eigenvalue weighted by atomic mass is 19.3. The van der Waals surface area contributed by atoms with Gasteiger partial charge < -0.3 is 14.8 Å². The van der Waals surface area contributed by atoms with Crippen molar-refractivity contribution in [2.24, 2.45) is 0 Å². The van der Waals surface area contributed by atoms with Gasteiger partial charge in [-0.15, -0.1) is 0 Å². The number of hydrogen-bond donors (Lipinski definition) is 1. The maximum absolute atomic E-state index is 12.1. The monoisotopic (exact) mass is 335 g/mol. The third kappa shape index (κ3) is 5.22. The molecule has 0 aliphatic heterocycles. The molecular weight excluding hydrogens is 316 g/mol. The summed E-state index contributed by atoms with van der Waals surface area (Å²) in [7, 11) is 1.58. The van der Waals surface area contributed by atoms with E-state index in [0.29, 0.717) is 0 Å². The zero-order valence-corrected chi connectivity index (χ0v) is 13.5. The highest BCUT2D eigenvalue weighted by Gasteiger charge is 2.11. The number of ether oxygens (including phenoxy) is 2. The molecule has 0 bridgehead atoms. The number of nitrogens with one attached hydrogen (secondary N) is 1. The molecule has 1 atom stereocenters. The number of methoxy groups -OCH3 is 1. The van der Waals surface area contributed by atoms with Crippen molar-refractivity contribution >= 4 is 5.91 Å². The SMILES string of the molecule is COc1ccc(CC(=O)N[C@@H](C)c2ccc(OC(F)F)cc2)cc1. The molecule has 0 heterocycles. The summed E-state index contributed by atoms with van der Waals surface area (Å²) in [6.45, 7) is -1.02. The van der Waals surface area contributed by atoms with Crippen LogP contribution in [0.2, 0.25) is 0 Å². The summed E-state index contributed by atoms with van der Waals surface area (Å²) in [5, 5.41) is 2.87. The minimum Gasteiger partial charge on any atom is -0.497 e. The van der Waals surface area contributed by atoms with E-state index in [4.69, 9.17) is 4.74 Å². The molecule has 24 heavy (non-hydrogen) atoms. The zero-order valence-electron chi connectivity index (χ0n) is 13.5. The molecule has 1 amide bonds. The number of carbonyl (C=O) groups excluding carboxylic acids is 1. The van der Waals surface area contributed by atoms with Gasteiger partial charge in [-0.2, -0.15) is 8.78 Å². The van der Waals surface area contributed by atoms with Crippen molar-refractivity contribution < 1.29 is 23.0 Å². The number of amides is 1. The van der Waals surface area contributed by atoms with Crippen molar-refractivity contribution in [3.8, 4) is 11.5 Å². The van der Waals surface area contributed by atoms with Crippen LogP contribution >= 0.6 is 0 Å². The van der Waals surface area contributed by atoms with Crippen molar-refractivity contribution in [1.29, 1.82) is 0 Å². The van der Waals surface area contributed by atoms with Crippen LogP contribution in [-0.4, -0.2) is 19.6 Å². The Balaban J connectivity index is 1.90. The number of hydrogen-bond acceptors (Lipinski definition) is 3. The Morgan fingerprint density at radius 3 is 2.17 bits per heavy atom. The molecule has 0 saturated carbocycles. The molecule has 0 spiro atoms. The number of rotatable bonds is 7. The van der Waals surface area contributed by atoms with Crippen LogP contribution in [-0.2, 0) is 11.2 Å². The molecule has 0 radical (unpaired) electrons. The minimum absolute atomic E-state index is 0.0884. The van der Waals surface area contributed by atoms with Gasteiger partial charge in [0.15, 0.2) is 0 Å². The fourth-order valence-electron chi connectivity index (χ4n) is 2.24. The largest absolute Gasteiger partial charge is 0.497 e. The standard InChI is InChI=1S/C18H19F2NO3/c1-12(14-5-9-16(10-6-14)24-18(19)20)21-17(22)11-13-3-7-15(23-2)8-4-13/h3-10,12,18H,11H2,1-2H3,(H,21,22)/t12-/m0/s1. The van der Waals surface area contributed by atoms with Gasteiger partial charge in [0.05, 0.1) is 19.6 Å². The molecule has 0 aliphatic rings. The van der Waals surface area contributed by atoms with E-state index in [1.807, 2.05) is 19.1 Å². The Morgan fingerprint density at radius 2 is 1.62 bits per heavy atom. The summed E-state index contributed by atoms with van der Waals surface area (Å²) in [5.41, 5.74) is 1.68.